The van der Waals surface area contributed by atoms with Gasteiger partial charge in [0.15, 0.2) is 5.13 Å². The molecule has 0 spiro atoms. The lowest BCUT2D eigenvalue weighted by Crippen LogP contribution is -2.44. The van der Waals surface area contributed by atoms with Gasteiger partial charge in [-0.1, -0.05) is 18.3 Å². The summed E-state index contributed by atoms with van der Waals surface area (Å²) >= 11 is 1.32. The zero-order valence-electron chi connectivity index (χ0n) is 12.9. The number of amides is 1. The number of nitrogens with one attached hydrogen (secondary N) is 1. The Morgan fingerprint density at radius 2 is 2.33 bits per heavy atom. The van der Waals surface area contributed by atoms with E-state index >= 15 is 0 Å². The fourth-order valence-corrected chi connectivity index (χ4v) is 3.53. The van der Waals surface area contributed by atoms with Crippen molar-refractivity contribution in [2.75, 3.05) is 37.9 Å². The first-order valence-electron chi connectivity index (χ1n) is 7.33. The van der Waals surface area contributed by atoms with Gasteiger partial charge in [-0.2, -0.15) is 0 Å². The molecule has 2 rings (SSSR count). The van der Waals surface area contributed by atoms with Crippen LogP contribution < -0.4 is 11.1 Å². The Morgan fingerprint density at radius 1 is 1.57 bits per heavy atom. The van der Waals surface area contributed by atoms with Crippen LogP contribution in [0.2, 0.25) is 0 Å². The van der Waals surface area contributed by atoms with E-state index in [0.29, 0.717) is 34.9 Å². The first kappa shape index (κ1) is 16.0. The molecule has 0 saturated carbocycles. The Labute approximate surface area is 129 Å². The summed E-state index contributed by atoms with van der Waals surface area (Å²) in [6.07, 6.45) is 2.09. The maximum Gasteiger partial charge on any atom is 0.268 e. The molecule has 2 atom stereocenters. The average molecular weight is 312 g/mol. The molecule has 0 bridgehead atoms. The van der Waals surface area contributed by atoms with Gasteiger partial charge in [0.2, 0.25) is 0 Å². The minimum Gasteiger partial charge on any atom is -0.383 e. The number of likely N-dealkylation sites (tertiary alicyclic amines) is 1. The number of nitrogen functional groups attached to an aromatic ring is 1. The summed E-state index contributed by atoms with van der Waals surface area (Å²) in [5, 5.41) is 3.79. The lowest BCUT2D eigenvalue weighted by molar-refractivity contribution is 0.0594. The normalized spacial score (nSPS) is 22.3. The molecule has 1 aromatic heterocycles. The van der Waals surface area contributed by atoms with Gasteiger partial charge in [-0.3, -0.25) is 4.79 Å². The van der Waals surface area contributed by atoms with Crippen LogP contribution in [0.4, 0.5) is 10.9 Å². The number of methoxy groups -OCH3 is 1. The number of nitrogens with two attached hydrogens (primary N) is 1. The topological polar surface area (TPSA) is 80.5 Å². The first-order chi connectivity index (χ1) is 10.0. The van der Waals surface area contributed by atoms with Gasteiger partial charge < -0.3 is 20.7 Å². The molecule has 1 amide bonds. The minimum absolute atomic E-state index is 0.00388. The van der Waals surface area contributed by atoms with E-state index in [9.17, 15) is 4.79 Å². The van der Waals surface area contributed by atoms with Crippen LogP contribution in [0.3, 0.4) is 0 Å². The second-order valence-corrected chi connectivity index (χ2v) is 6.63. The van der Waals surface area contributed by atoms with Crippen LogP contribution in [-0.2, 0) is 4.74 Å². The number of aromatic nitrogens is 1. The fourth-order valence-electron chi connectivity index (χ4n) is 2.66. The van der Waals surface area contributed by atoms with Gasteiger partial charge in [-0.15, -0.1) is 0 Å². The van der Waals surface area contributed by atoms with Gasteiger partial charge in [0.25, 0.3) is 5.91 Å². The van der Waals surface area contributed by atoms with Crippen molar-refractivity contribution >= 4 is 28.2 Å². The van der Waals surface area contributed by atoms with Crippen molar-refractivity contribution in [3.8, 4) is 0 Å². The maximum absolute atomic E-state index is 12.6. The van der Waals surface area contributed by atoms with Gasteiger partial charge in [0, 0.05) is 26.2 Å². The van der Waals surface area contributed by atoms with E-state index in [4.69, 9.17) is 10.5 Å². The number of anilines is 2. The largest absolute Gasteiger partial charge is 0.383 e. The minimum atomic E-state index is 0.00388. The van der Waals surface area contributed by atoms with Gasteiger partial charge >= 0.3 is 0 Å². The molecule has 3 N–H and O–H groups in total. The second kappa shape index (κ2) is 7.09. The smallest absolute Gasteiger partial charge is 0.268 e. The van der Waals surface area contributed by atoms with Gasteiger partial charge in [0.1, 0.15) is 10.7 Å². The standard InChI is InChI=1S/C14H24N4O2S/c1-9-4-6-18(10(2)8-9)13(19)11-12(15)17-14(21-11)16-5-7-20-3/h9-10H,4-8,15H2,1-3H3,(H,16,17). The summed E-state index contributed by atoms with van der Waals surface area (Å²) in [6.45, 7) is 6.36. The van der Waals surface area contributed by atoms with Crippen LogP contribution in [0.25, 0.3) is 0 Å². The van der Waals surface area contributed by atoms with E-state index in [1.807, 2.05) is 4.90 Å². The number of ether oxygens (including phenoxy) is 1. The molecule has 0 radical (unpaired) electrons. The van der Waals surface area contributed by atoms with E-state index in [2.05, 4.69) is 24.1 Å². The molecule has 118 valence electrons. The highest BCUT2D eigenvalue weighted by Crippen LogP contribution is 2.30. The Hall–Kier alpha value is -1.34. The third-order valence-electron chi connectivity index (χ3n) is 3.83. The molecular formula is C14H24N4O2S. The molecule has 21 heavy (non-hydrogen) atoms. The maximum atomic E-state index is 12.6. The van der Waals surface area contributed by atoms with Crippen LogP contribution in [0.1, 0.15) is 36.4 Å². The molecule has 1 fully saturated rings. The summed E-state index contributed by atoms with van der Waals surface area (Å²) < 4.78 is 4.98. The molecule has 0 aromatic carbocycles. The number of piperidine rings is 1. The third-order valence-corrected chi connectivity index (χ3v) is 4.85. The number of thiazole rings is 1. The monoisotopic (exact) mass is 312 g/mol. The molecule has 1 saturated heterocycles. The fraction of sp³-hybridized carbons (Fsp3) is 0.714. The quantitative estimate of drug-likeness (QED) is 0.813. The van der Waals surface area contributed by atoms with Gasteiger partial charge in [-0.05, 0) is 25.7 Å². The molecule has 1 aliphatic rings. The number of carbonyl (C=O) groups excluding carboxylic acids is 1. The van der Waals surface area contributed by atoms with E-state index in [0.717, 1.165) is 19.4 Å². The van der Waals surface area contributed by atoms with Crippen LogP contribution in [0, 0.1) is 5.92 Å². The van der Waals surface area contributed by atoms with Crippen molar-refractivity contribution in [3.63, 3.8) is 0 Å². The third kappa shape index (κ3) is 3.85. The van der Waals surface area contributed by atoms with Crippen LogP contribution in [0.5, 0.6) is 0 Å². The Morgan fingerprint density at radius 3 is 3.00 bits per heavy atom. The van der Waals surface area contributed by atoms with Crippen molar-refractivity contribution in [3.05, 3.63) is 4.88 Å². The number of hydrogen-bond donors (Lipinski definition) is 2. The van der Waals surface area contributed by atoms with Gasteiger partial charge in [0.05, 0.1) is 6.61 Å². The van der Waals surface area contributed by atoms with Crippen molar-refractivity contribution in [1.29, 1.82) is 0 Å². The molecule has 1 aromatic rings. The van der Waals surface area contributed by atoms with Crippen LogP contribution in [-0.4, -0.2) is 48.6 Å². The molecule has 2 heterocycles. The second-order valence-electron chi connectivity index (χ2n) is 5.63. The van der Waals surface area contributed by atoms with Crippen molar-refractivity contribution in [2.45, 2.75) is 32.7 Å². The highest BCUT2D eigenvalue weighted by molar-refractivity contribution is 7.18. The van der Waals surface area contributed by atoms with Crippen molar-refractivity contribution < 1.29 is 9.53 Å². The predicted octanol–water partition coefficient (Wildman–Crippen LogP) is 2.04. The molecular weight excluding hydrogens is 288 g/mol. The summed E-state index contributed by atoms with van der Waals surface area (Å²) in [7, 11) is 1.64. The van der Waals surface area contributed by atoms with Crippen molar-refractivity contribution in [1.82, 2.24) is 9.88 Å². The molecule has 0 aliphatic carbocycles. The molecule has 6 nitrogen and oxygen atoms in total. The van der Waals surface area contributed by atoms with Crippen molar-refractivity contribution in [2.24, 2.45) is 5.92 Å². The highest BCUT2D eigenvalue weighted by Gasteiger charge is 2.30. The SMILES string of the molecule is COCCNc1nc(N)c(C(=O)N2CCC(C)CC2C)s1. The number of carbonyl (C=O) groups is 1. The molecule has 1 aliphatic heterocycles. The van der Waals surface area contributed by atoms with E-state index < -0.39 is 0 Å². The van der Waals surface area contributed by atoms with Crippen LogP contribution >= 0.6 is 11.3 Å². The average Bonchev–Trinajstić information content (AvgIpc) is 2.79. The predicted molar refractivity (Wildman–Crippen MR) is 85.8 cm³/mol. The van der Waals surface area contributed by atoms with E-state index in [1.54, 1.807) is 7.11 Å². The van der Waals surface area contributed by atoms with E-state index in [-0.39, 0.29) is 11.9 Å². The summed E-state index contributed by atoms with van der Waals surface area (Å²) in [6, 6.07) is 0.257. The zero-order chi connectivity index (χ0) is 15.4. The highest BCUT2D eigenvalue weighted by atomic mass is 32.1. The number of rotatable bonds is 5. The van der Waals surface area contributed by atoms with Gasteiger partial charge in [-0.25, -0.2) is 4.98 Å². The number of hydrogen-bond acceptors (Lipinski definition) is 6. The lowest BCUT2D eigenvalue weighted by atomic mass is 9.93. The summed E-state index contributed by atoms with van der Waals surface area (Å²) in [5.74, 6) is 0.994. The summed E-state index contributed by atoms with van der Waals surface area (Å²) in [4.78, 5) is 19.3. The first-order valence-corrected chi connectivity index (χ1v) is 8.14. The zero-order valence-corrected chi connectivity index (χ0v) is 13.7. The molecule has 2 unspecified atom stereocenters. The Balaban J connectivity index is 2.05. The lowest BCUT2D eigenvalue weighted by Gasteiger charge is -2.36. The Bertz CT molecular complexity index is 491. The number of nitrogens with zero attached hydrogens (tertiary/aromatic N) is 2. The van der Waals surface area contributed by atoms with E-state index in [1.165, 1.54) is 11.3 Å². The summed E-state index contributed by atoms with van der Waals surface area (Å²) in [5.41, 5.74) is 5.91. The Kier molecular flexibility index (Phi) is 5.41. The molecule has 7 heteroatoms. The van der Waals surface area contributed by atoms with Crippen LogP contribution in [0.15, 0.2) is 0 Å².